The van der Waals surface area contributed by atoms with E-state index in [0.717, 1.165) is 57.9 Å². The fourth-order valence-corrected chi connectivity index (χ4v) is 5.98. The van der Waals surface area contributed by atoms with Crippen LogP contribution in [-0.2, 0) is 31.4 Å². The molecule has 2 fully saturated rings. The molecule has 0 amide bonds. The lowest BCUT2D eigenvalue weighted by atomic mass is 9.83. The molecule has 168 valence electrons. The van der Waals surface area contributed by atoms with Gasteiger partial charge in [-0.2, -0.15) is 5.10 Å². The number of pyridine rings is 1. The van der Waals surface area contributed by atoms with Crippen LogP contribution in [0, 0.1) is 12.8 Å². The second kappa shape index (κ2) is 8.52. The summed E-state index contributed by atoms with van der Waals surface area (Å²) in [5, 5.41) is 4.40. The van der Waals surface area contributed by atoms with E-state index in [4.69, 9.17) is 4.74 Å². The first kappa shape index (κ1) is 20.9. The first-order chi connectivity index (χ1) is 15.0. The van der Waals surface area contributed by atoms with E-state index in [1.54, 1.807) is 7.11 Å². The molecule has 0 aliphatic carbocycles. The Morgan fingerprint density at radius 1 is 1.16 bits per heavy atom. The third-order valence-electron chi connectivity index (χ3n) is 7.72. The van der Waals surface area contributed by atoms with Crippen LogP contribution in [0.2, 0.25) is 0 Å². The fourth-order valence-electron chi connectivity index (χ4n) is 5.98. The summed E-state index contributed by atoms with van der Waals surface area (Å²) >= 11 is 0. The van der Waals surface area contributed by atoms with E-state index in [1.807, 2.05) is 17.9 Å². The third kappa shape index (κ3) is 3.99. The standard InChI is InChI=1S/C24H35N5O2/c1-17-21(10-25-26(17)2)14-27-11-18-9-20(13-27)23-7-6-19(24(30)29(23)12-18)15-28-8-4-5-22(28)16-31-3/h6-7,10,18,20,22H,4-5,8-9,11-16H2,1-3H3/t18-,20+,22-/m0/s1. The highest BCUT2D eigenvalue weighted by atomic mass is 16.5. The Hall–Kier alpha value is -1.96. The van der Waals surface area contributed by atoms with Crippen molar-refractivity contribution >= 4 is 0 Å². The van der Waals surface area contributed by atoms with Crippen LogP contribution in [-0.4, -0.2) is 63.5 Å². The van der Waals surface area contributed by atoms with Gasteiger partial charge in [0.25, 0.3) is 5.56 Å². The Labute approximate surface area is 184 Å². The lowest BCUT2D eigenvalue weighted by Crippen LogP contribution is -2.47. The summed E-state index contributed by atoms with van der Waals surface area (Å²) in [6.45, 7) is 8.57. The maximum absolute atomic E-state index is 13.4. The van der Waals surface area contributed by atoms with E-state index in [0.29, 0.717) is 17.9 Å². The molecule has 3 aliphatic rings. The number of fused-ring (bicyclic) bond motifs is 4. The van der Waals surface area contributed by atoms with Crippen LogP contribution in [0.3, 0.4) is 0 Å². The topological polar surface area (TPSA) is 55.5 Å². The highest BCUT2D eigenvalue weighted by molar-refractivity contribution is 5.23. The summed E-state index contributed by atoms with van der Waals surface area (Å²) in [4.78, 5) is 18.4. The van der Waals surface area contributed by atoms with Crippen LogP contribution in [0.1, 0.15) is 47.7 Å². The monoisotopic (exact) mass is 425 g/mol. The van der Waals surface area contributed by atoms with Crippen LogP contribution < -0.4 is 5.56 Å². The number of aryl methyl sites for hydroxylation is 1. The van der Waals surface area contributed by atoms with E-state index in [1.165, 1.54) is 29.8 Å². The van der Waals surface area contributed by atoms with Gasteiger partial charge in [-0.3, -0.25) is 19.3 Å². The number of ether oxygens (including phenoxy) is 1. The number of methoxy groups -OCH3 is 1. The van der Waals surface area contributed by atoms with Crippen molar-refractivity contribution in [3.8, 4) is 0 Å². The zero-order valence-corrected chi connectivity index (χ0v) is 19.1. The number of rotatable bonds is 6. The zero-order valence-electron chi connectivity index (χ0n) is 19.1. The quantitative estimate of drug-likeness (QED) is 0.710. The number of likely N-dealkylation sites (tertiary alicyclic amines) is 2. The molecule has 5 heterocycles. The van der Waals surface area contributed by atoms with Crippen LogP contribution in [0.4, 0.5) is 0 Å². The summed E-state index contributed by atoms with van der Waals surface area (Å²) in [6.07, 6.45) is 5.55. The Kier molecular flexibility index (Phi) is 5.75. The van der Waals surface area contributed by atoms with Crippen molar-refractivity contribution in [2.24, 2.45) is 13.0 Å². The molecule has 3 aliphatic heterocycles. The Balaban J connectivity index is 1.33. The average Bonchev–Trinajstić information content (AvgIpc) is 3.32. The van der Waals surface area contributed by atoms with Gasteiger partial charge in [-0.15, -0.1) is 0 Å². The van der Waals surface area contributed by atoms with E-state index in [-0.39, 0.29) is 5.56 Å². The molecule has 2 aromatic heterocycles. The van der Waals surface area contributed by atoms with Crippen molar-refractivity contribution in [2.45, 2.75) is 57.8 Å². The molecular formula is C24H35N5O2. The van der Waals surface area contributed by atoms with Gasteiger partial charge in [-0.1, -0.05) is 6.07 Å². The van der Waals surface area contributed by atoms with E-state index in [2.05, 4.69) is 38.5 Å². The van der Waals surface area contributed by atoms with Crippen molar-refractivity contribution in [1.82, 2.24) is 24.1 Å². The summed E-state index contributed by atoms with van der Waals surface area (Å²) < 4.78 is 9.44. The minimum absolute atomic E-state index is 0.229. The number of aromatic nitrogens is 3. The number of piperidine rings is 1. The van der Waals surface area contributed by atoms with Crippen molar-refractivity contribution in [3.05, 3.63) is 51.2 Å². The van der Waals surface area contributed by atoms with Crippen LogP contribution >= 0.6 is 0 Å². The molecule has 7 nitrogen and oxygen atoms in total. The summed E-state index contributed by atoms with van der Waals surface area (Å²) in [7, 11) is 3.77. The predicted molar refractivity (Wildman–Crippen MR) is 120 cm³/mol. The molecule has 0 radical (unpaired) electrons. The molecule has 2 saturated heterocycles. The van der Waals surface area contributed by atoms with E-state index >= 15 is 0 Å². The average molecular weight is 426 g/mol. The van der Waals surface area contributed by atoms with Crippen molar-refractivity contribution < 1.29 is 4.74 Å². The molecule has 31 heavy (non-hydrogen) atoms. The predicted octanol–water partition coefficient (Wildman–Crippen LogP) is 2.12. The van der Waals surface area contributed by atoms with E-state index in [9.17, 15) is 4.79 Å². The summed E-state index contributed by atoms with van der Waals surface area (Å²) in [5.74, 6) is 0.989. The molecule has 0 spiro atoms. The number of nitrogens with zero attached hydrogens (tertiary/aromatic N) is 5. The largest absolute Gasteiger partial charge is 0.383 e. The number of hydrogen-bond acceptors (Lipinski definition) is 5. The normalized spacial score (nSPS) is 26.4. The molecule has 5 rings (SSSR count). The SMILES string of the molecule is COC[C@@H]1CCCN1Cc1ccc2n(c1=O)C[C@H]1C[C@@H]2CN(Cc2cnn(C)c2C)C1. The second-order valence-electron chi connectivity index (χ2n) is 9.79. The molecule has 2 aromatic rings. The number of hydrogen-bond donors (Lipinski definition) is 0. The lowest BCUT2D eigenvalue weighted by molar-refractivity contribution is 0.109. The molecule has 0 N–H and O–H groups in total. The van der Waals surface area contributed by atoms with Crippen molar-refractivity contribution in [1.29, 1.82) is 0 Å². The molecule has 0 unspecified atom stereocenters. The molecule has 0 aromatic carbocycles. The van der Waals surface area contributed by atoms with Crippen molar-refractivity contribution in [2.75, 3.05) is 33.4 Å². The Bertz CT molecular complexity index is 996. The van der Waals surface area contributed by atoms with Gasteiger partial charge in [-0.25, -0.2) is 0 Å². The van der Waals surface area contributed by atoms with Crippen LogP contribution in [0.15, 0.2) is 23.1 Å². The molecule has 3 atom stereocenters. The van der Waals surface area contributed by atoms with Crippen molar-refractivity contribution in [3.63, 3.8) is 0 Å². The van der Waals surface area contributed by atoms with Crippen LogP contribution in [0.5, 0.6) is 0 Å². The highest BCUT2D eigenvalue weighted by Gasteiger charge is 2.35. The zero-order chi connectivity index (χ0) is 21.5. The van der Waals surface area contributed by atoms with Gasteiger partial charge >= 0.3 is 0 Å². The van der Waals surface area contributed by atoms with Gasteiger partial charge in [0.2, 0.25) is 0 Å². The molecule has 7 heteroatoms. The summed E-state index contributed by atoms with van der Waals surface area (Å²) in [6, 6.07) is 4.77. The van der Waals surface area contributed by atoms with Crippen LogP contribution in [0.25, 0.3) is 0 Å². The van der Waals surface area contributed by atoms with E-state index < -0.39 is 0 Å². The molecular weight excluding hydrogens is 390 g/mol. The maximum Gasteiger partial charge on any atom is 0.255 e. The Morgan fingerprint density at radius 3 is 2.81 bits per heavy atom. The Morgan fingerprint density at radius 2 is 2.03 bits per heavy atom. The highest BCUT2D eigenvalue weighted by Crippen LogP contribution is 2.36. The lowest BCUT2D eigenvalue weighted by Gasteiger charge is -2.43. The minimum atomic E-state index is 0.229. The van der Waals surface area contributed by atoms with Gasteiger partial charge in [0.05, 0.1) is 12.8 Å². The van der Waals surface area contributed by atoms with Gasteiger partial charge in [0, 0.05) is 81.4 Å². The third-order valence-corrected chi connectivity index (χ3v) is 7.72. The summed E-state index contributed by atoms with van der Waals surface area (Å²) in [5.41, 5.74) is 4.95. The van der Waals surface area contributed by atoms with Gasteiger partial charge in [-0.05, 0) is 44.7 Å². The molecule has 2 bridgehead atoms. The van der Waals surface area contributed by atoms with Gasteiger partial charge in [0.15, 0.2) is 0 Å². The first-order valence-corrected chi connectivity index (χ1v) is 11.7. The van der Waals surface area contributed by atoms with Gasteiger partial charge < -0.3 is 9.30 Å². The first-order valence-electron chi connectivity index (χ1n) is 11.7. The second-order valence-corrected chi connectivity index (χ2v) is 9.79. The smallest absolute Gasteiger partial charge is 0.255 e. The maximum atomic E-state index is 13.4. The fraction of sp³-hybridized carbons (Fsp3) is 0.667. The minimum Gasteiger partial charge on any atom is -0.383 e. The molecule has 0 saturated carbocycles. The van der Waals surface area contributed by atoms with Gasteiger partial charge in [0.1, 0.15) is 0 Å².